The van der Waals surface area contributed by atoms with E-state index < -0.39 is 12.3 Å². The van der Waals surface area contributed by atoms with Gasteiger partial charge in [0.15, 0.2) is 0 Å². The highest BCUT2D eigenvalue weighted by Crippen LogP contribution is 2.36. The molecule has 1 amide bonds. The highest BCUT2D eigenvalue weighted by atomic mass is 35.5. The molecule has 1 aromatic heterocycles. The van der Waals surface area contributed by atoms with Gasteiger partial charge in [-0.05, 0) is 24.6 Å². The lowest BCUT2D eigenvalue weighted by Crippen LogP contribution is -2.26. The van der Waals surface area contributed by atoms with Crippen LogP contribution in [-0.2, 0) is 11.8 Å². The van der Waals surface area contributed by atoms with Crippen LogP contribution in [0.1, 0.15) is 30.0 Å². The van der Waals surface area contributed by atoms with Crippen LogP contribution in [0.25, 0.3) is 0 Å². The standard InChI is InChI=1S/C15H14ClF2N3O2/c1-21-13(14(17)18)11(7-19-21)20-15(22)9-4-5-23-12-3-2-8(16)6-10(9)12/h2-3,6-7,9,14H,4-5H2,1H3,(H,20,22). The fraction of sp³-hybridized carbons (Fsp3) is 0.333. The van der Waals surface area contributed by atoms with Gasteiger partial charge in [0.25, 0.3) is 6.43 Å². The molecule has 2 heterocycles. The van der Waals surface area contributed by atoms with Crippen molar-refractivity contribution >= 4 is 23.2 Å². The van der Waals surface area contributed by atoms with Crippen molar-refractivity contribution in [3.05, 3.63) is 40.7 Å². The Morgan fingerprint density at radius 3 is 3.04 bits per heavy atom. The maximum absolute atomic E-state index is 13.1. The second-order valence-electron chi connectivity index (χ2n) is 5.23. The van der Waals surface area contributed by atoms with E-state index in [1.165, 1.54) is 13.2 Å². The lowest BCUT2D eigenvalue weighted by atomic mass is 9.92. The fourth-order valence-electron chi connectivity index (χ4n) is 2.66. The molecule has 0 bridgehead atoms. The summed E-state index contributed by atoms with van der Waals surface area (Å²) in [7, 11) is 1.40. The number of amides is 1. The Bertz CT molecular complexity index is 748. The number of benzene rings is 1. The Kier molecular flexibility index (Phi) is 4.21. The summed E-state index contributed by atoms with van der Waals surface area (Å²) in [6.45, 7) is 0.376. The van der Waals surface area contributed by atoms with Gasteiger partial charge in [-0.2, -0.15) is 5.10 Å². The number of hydrogen-bond donors (Lipinski definition) is 1. The molecule has 3 rings (SSSR count). The Morgan fingerprint density at radius 2 is 2.30 bits per heavy atom. The second kappa shape index (κ2) is 6.16. The van der Waals surface area contributed by atoms with Gasteiger partial charge < -0.3 is 10.1 Å². The number of carbonyl (C=O) groups is 1. The van der Waals surface area contributed by atoms with Gasteiger partial charge in [-0.3, -0.25) is 9.48 Å². The first-order chi connectivity index (χ1) is 11.0. The molecular weight excluding hydrogens is 328 g/mol. The molecule has 0 radical (unpaired) electrons. The topological polar surface area (TPSA) is 56.2 Å². The first kappa shape index (κ1) is 15.7. The van der Waals surface area contributed by atoms with Gasteiger partial charge in [0.05, 0.1) is 24.4 Å². The largest absolute Gasteiger partial charge is 0.493 e. The van der Waals surface area contributed by atoms with Gasteiger partial charge in [0.1, 0.15) is 11.4 Å². The maximum atomic E-state index is 13.1. The molecule has 0 fully saturated rings. The number of anilines is 1. The maximum Gasteiger partial charge on any atom is 0.282 e. The molecule has 2 aromatic rings. The molecule has 1 atom stereocenters. The van der Waals surface area contributed by atoms with E-state index in [1.807, 2.05) is 0 Å². The third-order valence-corrected chi connectivity index (χ3v) is 4.01. The summed E-state index contributed by atoms with van der Waals surface area (Å²) in [6.07, 6.45) is -1.06. The number of aryl methyl sites for hydroxylation is 1. The first-order valence-corrected chi connectivity index (χ1v) is 7.38. The smallest absolute Gasteiger partial charge is 0.282 e. The van der Waals surface area contributed by atoms with Gasteiger partial charge in [-0.15, -0.1) is 0 Å². The number of ether oxygens (including phenoxy) is 1. The first-order valence-electron chi connectivity index (χ1n) is 7.00. The van der Waals surface area contributed by atoms with E-state index in [2.05, 4.69) is 10.4 Å². The third kappa shape index (κ3) is 3.01. The molecule has 0 saturated heterocycles. The number of fused-ring (bicyclic) bond motifs is 1. The van der Waals surface area contributed by atoms with Crippen molar-refractivity contribution in [2.45, 2.75) is 18.8 Å². The molecular formula is C15H14ClF2N3O2. The van der Waals surface area contributed by atoms with E-state index in [4.69, 9.17) is 16.3 Å². The monoisotopic (exact) mass is 341 g/mol. The summed E-state index contributed by atoms with van der Waals surface area (Å²) in [4.78, 5) is 12.5. The Labute approximate surface area is 136 Å². The summed E-state index contributed by atoms with van der Waals surface area (Å²) in [6, 6.07) is 5.04. The van der Waals surface area contributed by atoms with Crippen molar-refractivity contribution in [3.63, 3.8) is 0 Å². The fourth-order valence-corrected chi connectivity index (χ4v) is 2.84. The van der Waals surface area contributed by atoms with E-state index in [0.717, 1.165) is 4.68 Å². The lowest BCUT2D eigenvalue weighted by Gasteiger charge is -2.25. The predicted octanol–water partition coefficient (Wildman–Crippen LogP) is 3.52. The van der Waals surface area contributed by atoms with Crippen LogP contribution in [0.15, 0.2) is 24.4 Å². The zero-order valence-corrected chi connectivity index (χ0v) is 13.0. The van der Waals surface area contributed by atoms with E-state index in [-0.39, 0.29) is 17.3 Å². The second-order valence-corrected chi connectivity index (χ2v) is 5.67. The molecule has 1 N–H and O–H groups in total. The van der Waals surface area contributed by atoms with Crippen LogP contribution < -0.4 is 10.1 Å². The summed E-state index contributed by atoms with van der Waals surface area (Å²) < 4.78 is 32.7. The molecule has 23 heavy (non-hydrogen) atoms. The highest BCUT2D eigenvalue weighted by Gasteiger charge is 2.29. The van der Waals surface area contributed by atoms with Gasteiger partial charge in [0.2, 0.25) is 5.91 Å². The average molecular weight is 342 g/mol. The third-order valence-electron chi connectivity index (χ3n) is 3.78. The SMILES string of the molecule is Cn1ncc(NC(=O)C2CCOc3ccc(Cl)cc32)c1C(F)F. The molecule has 0 saturated carbocycles. The highest BCUT2D eigenvalue weighted by molar-refractivity contribution is 6.30. The van der Waals surface area contributed by atoms with Crippen molar-refractivity contribution in [3.8, 4) is 5.75 Å². The van der Waals surface area contributed by atoms with Crippen LogP contribution in [0.3, 0.4) is 0 Å². The molecule has 0 aliphatic carbocycles. The zero-order chi connectivity index (χ0) is 16.6. The predicted molar refractivity (Wildman–Crippen MR) is 81.1 cm³/mol. The summed E-state index contributed by atoms with van der Waals surface area (Å²) >= 11 is 5.98. The summed E-state index contributed by atoms with van der Waals surface area (Å²) in [5.74, 6) is -0.309. The zero-order valence-electron chi connectivity index (χ0n) is 12.2. The van der Waals surface area contributed by atoms with Crippen LogP contribution in [0, 0.1) is 0 Å². The molecule has 0 spiro atoms. The number of alkyl halides is 2. The van der Waals surface area contributed by atoms with Crippen LogP contribution in [-0.4, -0.2) is 22.3 Å². The van der Waals surface area contributed by atoms with Gasteiger partial charge in [-0.1, -0.05) is 11.6 Å². The molecule has 1 aliphatic rings. The normalized spacial score (nSPS) is 16.8. The Hall–Kier alpha value is -2.15. The van der Waals surface area contributed by atoms with Gasteiger partial charge in [0, 0.05) is 17.6 Å². The van der Waals surface area contributed by atoms with Crippen molar-refractivity contribution in [2.75, 3.05) is 11.9 Å². The number of carbonyl (C=O) groups excluding carboxylic acids is 1. The van der Waals surface area contributed by atoms with Crippen LogP contribution in [0.5, 0.6) is 5.75 Å². The van der Waals surface area contributed by atoms with Gasteiger partial charge in [-0.25, -0.2) is 8.78 Å². The van der Waals surface area contributed by atoms with Crippen molar-refractivity contribution in [2.24, 2.45) is 7.05 Å². The van der Waals surface area contributed by atoms with E-state index >= 15 is 0 Å². The minimum atomic E-state index is -2.73. The summed E-state index contributed by atoms with van der Waals surface area (Å²) in [5.41, 5.74) is 0.350. The van der Waals surface area contributed by atoms with E-state index in [0.29, 0.717) is 29.4 Å². The molecule has 5 nitrogen and oxygen atoms in total. The number of nitrogens with one attached hydrogen (secondary N) is 1. The van der Waals surface area contributed by atoms with Crippen molar-refractivity contribution in [1.29, 1.82) is 0 Å². The molecule has 1 aromatic carbocycles. The quantitative estimate of drug-likeness (QED) is 0.929. The number of rotatable bonds is 3. The Morgan fingerprint density at radius 1 is 1.52 bits per heavy atom. The minimum Gasteiger partial charge on any atom is -0.493 e. The van der Waals surface area contributed by atoms with Crippen LogP contribution in [0.2, 0.25) is 5.02 Å². The Balaban J connectivity index is 1.87. The van der Waals surface area contributed by atoms with Crippen LogP contribution in [0.4, 0.5) is 14.5 Å². The number of hydrogen-bond acceptors (Lipinski definition) is 3. The molecule has 122 valence electrons. The number of nitrogens with zero attached hydrogens (tertiary/aromatic N) is 2. The number of halogens is 3. The van der Waals surface area contributed by atoms with Gasteiger partial charge >= 0.3 is 0 Å². The summed E-state index contributed by atoms with van der Waals surface area (Å²) in [5, 5.41) is 6.80. The molecule has 1 unspecified atom stereocenters. The van der Waals surface area contributed by atoms with Crippen molar-refractivity contribution in [1.82, 2.24) is 9.78 Å². The number of aromatic nitrogens is 2. The van der Waals surface area contributed by atoms with E-state index in [9.17, 15) is 13.6 Å². The lowest BCUT2D eigenvalue weighted by molar-refractivity contribution is -0.118. The molecule has 1 aliphatic heterocycles. The van der Waals surface area contributed by atoms with Crippen molar-refractivity contribution < 1.29 is 18.3 Å². The van der Waals surface area contributed by atoms with Crippen LogP contribution >= 0.6 is 11.6 Å². The average Bonchev–Trinajstić information content (AvgIpc) is 2.87. The minimum absolute atomic E-state index is 0.0163. The molecule has 8 heteroatoms. The van der Waals surface area contributed by atoms with E-state index in [1.54, 1.807) is 18.2 Å².